The van der Waals surface area contributed by atoms with Crippen LogP contribution in [0.1, 0.15) is 19.3 Å². The first-order chi connectivity index (χ1) is 6.45. The standard InChI is InChI=1S/C13H14/c1-3-7-12-10(5-1)9-11-6-2-4-8-13(11)12/h1,3-5,7-8,10,12H,2,6,9H2. The Hall–Kier alpha value is -1.04. The van der Waals surface area contributed by atoms with Gasteiger partial charge in [-0.25, -0.2) is 0 Å². The van der Waals surface area contributed by atoms with Gasteiger partial charge in [-0.05, 0) is 30.8 Å². The van der Waals surface area contributed by atoms with Crippen LogP contribution in [-0.4, -0.2) is 0 Å². The molecule has 0 fully saturated rings. The molecule has 0 saturated carbocycles. The van der Waals surface area contributed by atoms with Gasteiger partial charge in [0.2, 0.25) is 0 Å². The van der Waals surface area contributed by atoms with E-state index in [4.69, 9.17) is 0 Å². The molecular formula is C13H14. The largest absolute Gasteiger partial charge is 0.0839 e. The van der Waals surface area contributed by atoms with Gasteiger partial charge in [-0.1, -0.05) is 42.0 Å². The highest BCUT2D eigenvalue weighted by Crippen LogP contribution is 2.44. The first-order valence-electron chi connectivity index (χ1n) is 5.18. The van der Waals surface area contributed by atoms with Crippen LogP contribution in [0.5, 0.6) is 0 Å². The average Bonchev–Trinajstić information content (AvgIpc) is 2.56. The molecule has 0 saturated heterocycles. The number of hydrogen-bond acceptors (Lipinski definition) is 0. The summed E-state index contributed by atoms with van der Waals surface area (Å²) < 4.78 is 0. The number of rotatable bonds is 0. The fourth-order valence-electron chi connectivity index (χ4n) is 2.76. The van der Waals surface area contributed by atoms with Gasteiger partial charge in [-0.3, -0.25) is 0 Å². The van der Waals surface area contributed by atoms with Crippen molar-refractivity contribution in [3.8, 4) is 0 Å². The highest BCUT2D eigenvalue weighted by atomic mass is 14.4. The summed E-state index contributed by atoms with van der Waals surface area (Å²) >= 11 is 0. The third-order valence-corrected chi connectivity index (χ3v) is 3.41. The number of allylic oxidation sites excluding steroid dienone is 8. The van der Waals surface area contributed by atoms with E-state index in [9.17, 15) is 0 Å². The van der Waals surface area contributed by atoms with E-state index in [1.54, 1.807) is 11.1 Å². The zero-order valence-corrected chi connectivity index (χ0v) is 7.74. The lowest BCUT2D eigenvalue weighted by Crippen LogP contribution is -2.07. The molecule has 0 bridgehead atoms. The van der Waals surface area contributed by atoms with Crippen molar-refractivity contribution >= 4 is 0 Å². The lowest BCUT2D eigenvalue weighted by molar-refractivity contribution is 0.579. The summed E-state index contributed by atoms with van der Waals surface area (Å²) in [5.41, 5.74) is 3.34. The highest BCUT2D eigenvalue weighted by Gasteiger charge is 2.31. The van der Waals surface area contributed by atoms with Gasteiger partial charge in [0, 0.05) is 5.92 Å². The van der Waals surface area contributed by atoms with E-state index in [0.717, 1.165) is 5.92 Å². The maximum Gasteiger partial charge on any atom is 0.00865 e. The molecule has 0 heterocycles. The van der Waals surface area contributed by atoms with Gasteiger partial charge in [0.05, 0.1) is 0 Å². The molecule has 0 radical (unpaired) electrons. The van der Waals surface area contributed by atoms with Gasteiger partial charge in [0.1, 0.15) is 0 Å². The number of hydrogen-bond donors (Lipinski definition) is 0. The summed E-state index contributed by atoms with van der Waals surface area (Å²) in [6.45, 7) is 0. The Morgan fingerprint density at radius 2 is 2.08 bits per heavy atom. The molecule has 0 nitrogen and oxygen atoms in total. The molecule has 3 rings (SSSR count). The normalized spacial score (nSPS) is 35.1. The van der Waals surface area contributed by atoms with Crippen molar-refractivity contribution < 1.29 is 0 Å². The topological polar surface area (TPSA) is 0 Å². The molecule has 66 valence electrons. The zero-order chi connectivity index (χ0) is 8.67. The summed E-state index contributed by atoms with van der Waals surface area (Å²) in [4.78, 5) is 0. The number of fused-ring (bicyclic) bond motifs is 2. The van der Waals surface area contributed by atoms with Crippen molar-refractivity contribution in [3.05, 3.63) is 47.6 Å². The second-order valence-corrected chi connectivity index (χ2v) is 4.16. The van der Waals surface area contributed by atoms with E-state index in [-0.39, 0.29) is 0 Å². The molecule has 3 aliphatic rings. The zero-order valence-electron chi connectivity index (χ0n) is 7.74. The molecule has 2 unspecified atom stereocenters. The van der Waals surface area contributed by atoms with E-state index in [2.05, 4.69) is 36.5 Å². The van der Waals surface area contributed by atoms with E-state index < -0.39 is 0 Å². The predicted octanol–water partition coefficient (Wildman–Crippen LogP) is 3.40. The Morgan fingerprint density at radius 3 is 3.08 bits per heavy atom. The van der Waals surface area contributed by atoms with E-state index in [1.165, 1.54) is 19.3 Å². The summed E-state index contributed by atoms with van der Waals surface area (Å²) in [6, 6.07) is 0. The van der Waals surface area contributed by atoms with E-state index in [0.29, 0.717) is 5.92 Å². The maximum absolute atomic E-state index is 2.37. The molecule has 0 spiro atoms. The minimum absolute atomic E-state index is 0.705. The highest BCUT2D eigenvalue weighted by molar-refractivity contribution is 5.42. The van der Waals surface area contributed by atoms with Crippen LogP contribution in [0.3, 0.4) is 0 Å². The Bertz CT molecular complexity index is 339. The summed E-state index contributed by atoms with van der Waals surface area (Å²) in [5, 5.41) is 0. The van der Waals surface area contributed by atoms with E-state index in [1.807, 2.05) is 0 Å². The fraction of sp³-hybridized carbons (Fsp3) is 0.385. The third kappa shape index (κ3) is 1.05. The van der Waals surface area contributed by atoms with Crippen LogP contribution in [0, 0.1) is 11.8 Å². The molecule has 0 aromatic heterocycles. The van der Waals surface area contributed by atoms with Crippen LogP contribution in [0.25, 0.3) is 0 Å². The Kier molecular flexibility index (Phi) is 1.55. The summed E-state index contributed by atoms with van der Waals surface area (Å²) in [5.74, 6) is 1.48. The summed E-state index contributed by atoms with van der Waals surface area (Å²) in [6.07, 6.45) is 17.7. The minimum atomic E-state index is 0.705. The lowest BCUT2D eigenvalue weighted by Gasteiger charge is -2.17. The first-order valence-corrected chi connectivity index (χ1v) is 5.18. The SMILES string of the molecule is C1=CC2CC3=C(C=CCC3)C2C=C1. The Labute approximate surface area is 79.3 Å². The van der Waals surface area contributed by atoms with Crippen molar-refractivity contribution in [1.82, 2.24) is 0 Å². The van der Waals surface area contributed by atoms with E-state index >= 15 is 0 Å². The smallest absolute Gasteiger partial charge is 0.00865 e. The monoisotopic (exact) mass is 170 g/mol. The van der Waals surface area contributed by atoms with Crippen LogP contribution in [0.2, 0.25) is 0 Å². The van der Waals surface area contributed by atoms with Gasteiger partial charge in [-0.15, -0.1) is 0 Å². The molecule has 3 aliphatic carbocycles. The van der Waals surface area contributed by atoms with Crippen LogP contribution in [0.4, 0.5) is 0 Å². The van der Waals surface area contributed by atoms with Gasteiger partial charge in [0.25, 0.3) is 0 Å². The summed E-state index contributed by atoms with van der Waals surface area (Å²) in [7, 11) is 0. The quantitative estimate of drug-likeness (QED) is 0.522. The van der Waals surface area contributed by atoms with Crippen LogP contribution in [0.15, 0.2) is 47.6 Å². The van der Waals surface area contributed by atoms with Crippen molar-refractivity contribution in [2.75, 3.05) is 0 Å². The third-order valence-electron chi connectivity index (χ3n) is 3.41. The van der Waals surface area contributed by atoms with Gasteiger partial charge >= 0.3 is 0 Å². The molecule has 13 heavy (non-hydrogen) atoms. The Balaban J connectivity index is 2.00. The van der Waals surface area contributed by atoms with Gasteiger partial charge in [-0.2, -0.15) is 0 Å². The van der Waals surface area contributed by atoms with Crippen LogP contribution < -0.4 is 0 Å². The van der Waals surface area contributed by atoms with Crippen molar-refractivity contribution in [2.45, 2.75) is 19.3 Å². The second kappa shape index (κ2) is 2.73. The molecule has 0 aliphatic heterocycles. The average molecular weight is 170 g/mol. The molecule has 0 aromatic carbocycles. The minimum Gasteiger partial charge on any atom is -0.0839 e. The Morgan fingerprint density at radius 1 is 1.15 bits per heavy atom. The van der Waals surface area contributed by atoms with Gasteiger partial charge in [0.15, 0.2) is 0 Å². The van der Waals surface area contributed by atoms with Crippen molar-refractivity contribution in [2.24, 2.45) is 11.8 Å². The van der Waals surface area contributed by atoms with Crippen molar-refractivity contribution in [1.29, 1.82) is 0 Å². The second-order valence-electron chi connectivity index (χ2n) is 4.16. The van der Waals surface area contributed by atoms with Crippen LogP contribution >= 0.6 is 0 Å². The molecular weight excluding hydrogens is 156 g/mol. The fourth-order valence-corrected chi connectivity index (χ4v) is 2.76. The van der Waals surface area contributed by atoms with Gasteiger partial charge < -0.3 is 0 Å². The predicted molar refractivity (Wildman–Crippen MR) is 55.3 cm³/mol. The molecule has 2 atom stereocenters. The molecule has 0 amide bonds. The molecule has 0 aromatic rings. The van der Waals surface area contributed by atoms with Crippen molar-refractivity contribution in [3.63, 3.8) is 0 Å². The van der Waals surface area contributed by atoms with Crippen LogP contribution in [-0.2, 0) is 0 Å². The lowest BCUT2D eigenvalue weighted by atomic mass is 9.87. The molecule has 0 N–H and O–H groups in total. The molecule has 0 heteroatoms. The maximum atomic E-state index is 2.37. The first kappa shape index (κ1) is 7.37.